The molecular weight excluding hydrogens is 398 g/mol. The molecule has 0 unspecified atom stereocenters. The molecule has 0 amide bonds. The molecular formula is C24H22ClN3S. The van der Waals surface area contributed by atoms with Crippen molar-refractivity contribution in [2.24, 2.45) is 0 Å². The fraction of sp³-hybridized carbons (Fsp3) is 0.167. The van der Waals surface area contributed by atoms with Crippen molar-refractivity contribution >= 4 is 23.4 Å². The maximum atomic E-state index is 6.01. The van der Waals surface area contributed by atoms with Gasteiger partial charge in [0.2, 0.25) is 0 Å². The highest BCUT2D eigenvalue weighted by Gasteiger charge is 2.15. The Morgan fingerprint density at radius 3 is 2.31 bits per heavy atom. The van der Waals surface area contributed by atoms with Gasteiger partial charge >= 0.3 is 0 Å². The van der Waals surface area contributed by atoms with Gasteiger partial charge in [-0.25, -0.2) is 0 Å². The van der Waals surface area contributed by atoms with Crippen LogP contribution in [-0.4, -0.2) is 14.8 Å². The number of hydrogen-bond donors (Lipinski definition) is 0. The van der Waals surface area contributed by atoms with Gasteiger partial charge in [0.05, 0.1) is 0 Å². The van der Waals surface area contributed by atoms with E-state index in [9.17, 15) is 0 Å². The molecule has 0 aliphatic heterocycles. The van der Waals surface area contributed by atoms with E-state index in [1.807, 2.05) is 18.2 Å². The molecule has 1 heterocycles. The first kappa shape index (κ1) is 19.7. The minimum absolute atomic E-state index is 0.738. The molecule has 3 aromatic carbocycles. The van der Waals surface area contributed by atoms with Crippen molar-refractivity contribution in [1.29, 1.82) is 0 Å². The highest BCUT2D eigenvalue weighted by molar-refractivity contribution is 7.98. The van der Waals surface area contributed by atoms with Crippen LogP contribution < -0.4 is 0 Å². The molecule has 3 nitrogen and oxygen atoms in total. The van der Waals surface area contributed by atoms with Crippen molar-refractivity contribution in [2.45, 2.75) is 31.2 Å². The maximum absolute atomic E-state index is 6.01. The van der Waals surface area contributed by atoms with Gasteiger partial charge in [-0.3, -0.25) is 4.57 Å². The van der Waals surface area contributed by atoms with Crippen LogP contribution >= 0.6 is 23.4 Å². The second-order valence-electron chi connectivity index (χ2n) is 7.08. The molecule has 29 heavy (non-hydrogen) atoms. The zero-order chi connectivity index (χ0) is 20.2. The Bertz CT molecular complexity index is 1100. The normalized spacial score (nSPS) is 11.0. The van der Waals surface area contributed by atoms with Crippen molar-refractivity contribution in [2.75, 3.05) is 0 Å². The van der Waals surface area contributed by atoms with E-state index in [4.69, 9.17) is 11.6 Å². The van der Waals surface area contributed by atoms with Gasteiger partial charge in [-0.2, -0.15) is 0 Å². The molecule has 1 aromatic heterocycles. The lowest BCUT2D eigenvalue weighted by molar-refractivity contribution is 0.846. The Balaban J connectivity index is 1.68. The van der Waals surface area contributed by atoms with Crippen LogP contribution in [0.15, 0.2) is 78.0 Å². The number of aromatic nitrogens is 3. The Morgan fingerprint density at radius 2 is 1.59 bits per heavy atom. The second kappa shape index (κ2) is 8.85. The van der Waals surface area contributed by atoms with E-state index in [-0.39, 0.29) is 0 Å². The number of benzene rings is 3. The minimum Gasteiger partial charge on any atom is -0.274 e. The first-order valence-electron chi connectivity index (χ1n) is 9.53. The third-order valence-electron chi connectivity index (χ3n) is 4.94. The number of halogens is 1. The van der Waals surface area contributed by atoms with Crippen molar-refractivity contribution in [3.8, 4) is 5.69 Å². The lowest BCUT2D eigenvalue weighted by Gasteiger charge is -2.12. The maximum Gasteiger partial charge on any atom is 0.196 e. The lowest BCUT2D eigenvalue weighted by Crippen LogP contribution is -2.04. The topological polar surface area (TPSA) is 30.7 Å². The summed E-state index contributed by atoms with van der Waals surface area (Å²) in [6.45, 7) is 4.27. The van der Waals surface area contributed by atoms with Crippen molar-refractivity contribution in [1.82, 2.24) is 14.8 Å². The molecule has 0 saturated carbocycles. The van der Waals surface area contributed by atoms with Gasteiger partial charge in [0, 0.05) is 22.9 Å². The molecule has 0 atom stereocenters. The van der Waals surface area contributed by atoms with Gasteiger partial charge in [0.1, 0.15) is 5.82 Å². The van der Waals surface area contributed by atoms with E-state index in [2.05, 4.69) is 83.2 Å². The highest BCUT2D eigenvalue weighted by atomic mass is 35.5. The molecule has 0 radical (unpaired) electrons. The van der Waals surface area contributed by atoms with Gasteiger partial charge in [0.15, 0.2) is 5.16 Å². The molecule has 0 saturated heterocycles. The third-order valence-corrected chi connectivity index (χ3v) is 6.19. The van der Waals surface area contributed by atoms with Crippen molar-refractivity contribution in [3.63, 3.8) is 0 Å². The third kappa shape index (κ3) is 4.72. The van der Waals surface area contributed by atoms with E-state index >= 15 is 0 Å². The predicted molar refractivity (Wildman–Crippen MR) is 121 cm³/mol. The second-order valence-corrected chi connectivity index (χ2v) is 8.46. The summed E-state index contributed by atoms with van der Waals surface area (Å²) in [6.07, 6.45) is 0.738. The summed E-state index contributed by atoms with van der Waals surface area (Å²) < 4.78 is 2.18. The van der Waals surface area contributed by atoms with Gasteiger partial charge in [0.25, 0.3) is 0 Å². The summed E-state index contributed by atoms with van der Waals surface area (Å²) in [6, 6.07) is 24.9. The molecule has 4 rings (SSSR count). The number of thioether (sulfide) groups is 1. The molecule has 5 heteroatoms. The summed E-state index contributed by atoms with van der Waals surface area (Å²) in [5.74, 6) is 1.75. The van der Waals surface area contributed by atoms with Crippen LogP contribution in [0.4, 0.5) is 0 Å². The van der Waals surface area contributed by atoms with E-state index in [0.717, 1.165) is 33.9 Å². The van der Waals surface area contributed by atoms with Crippen LogP contribution in [0, 0.1) is 13.8 Å². The monoisotopic (exact) mass is 419 g/mol. The fourth-order valence-electron chi connectivity index (χ4n) is 3.14. The zero-order valence-electron chi connectivity index (χ0n) is 16.5. The smallest absolute Gasteiger partial charge is 0.196 e. The average Bonchev–Trinajstić information content (AvgIpc) is 3.13. The largest absolute Gasteiger partial charge is 0.274 e. The molecule has 0 fully saturated rings. The van der Waals surface area contributed by atoms with E-state index < -0.39 is 0 Å². The van der Waals surface area contributed by atoms with E-state index in [1.54, 1.807) is 11.8 Å². The molecule has 0 bridgehead atoms. The van der Waals surface area contributed by atoms with Crippen LogP contribution in [0.3, 0.4) is 0 Å². The predicted octanol–water partition coefficient (Wildman–Crippen LogP) is 6.42. The summed E-state index contributed by atoms with van der Waals surface area (Å²) >= 11 is 7.70. The minimum atomic E-state index is 0.738. The van der Waals surface area contributed by atoms with Crippen molar-refractivity contribution in [3.05, 3.63) is 106 Å². The van der Waals surface area contributed by atoms with Crippen LogP contribution in [-0.2, 0) is 12.2 Å². The zero-order valence-corrected chi connectivity index (χ0v) is 18.0. The first-order chi connectivity index (χ1) is 14.1. The Hall–Kier alpha value is -2.56. The summed E-state index contributed by atoms with van der Waals surface area (Å²) in [5.41, 5.74) is 6.07. The van der Waals surface area contributed by atoms with Crippen LogP contribution in [0.2, 0.25) is 5.02 Å². The number of aryl methyl sites for hydroxylation is 2. The van der Waals surface area contributed by atoms with E-state index in [1.165, 1.54) is 22.3 Å². The SMILES string of the molecule is Cc1ccc(-n2c(Cc3ccccc3)nnc2SCc2ccc(Cl)cc2)cc1C. The fourth-order valence-corrected chi connectivity index (χ4v) is 4.19. The number of nitrogens with zero attached hydrogens (tertiary/aromatic N) is 3. The molecule has 4 aromatic rings. The summed E-state index contributed by atoms with van der Waals surface area (Å²) in [4.78, 5) is 0. The molecule has 0 aliphatic carbocycles. The van der Waals surface area contributed by atoms with Gasteiger partial charge in [-0.15, -0.1) is 10.2 Å². The van der Waals surface area contributed by atoms with Crippen LogP contribution in [0.5, 0.6) is 0 Å². The highest BCUT2D eigenvalue weighted by Crippen LogP contribution is 2.27. The summed E-state index contributed by atoms with van der Waals surface area (Å²) in [7, 11) is 0. The molecule has 0 N–H and O–H groups in total. The van der Waals surface area contributed by atoms with Gasteiger partial charge < -0.3 is 0 Å². The van der Waals surface area contributed by atoms with E-state index in [0.29, 0.717) is 0 Å². The Morgan fingerprint density at radius 1 is 0.828 bits per heavy atom. The van der Waals surface area contributed by atoms with Crippen LogP contribution in [0.25, 0.3) is 5.69 Å². The standard InChI is InChI=1S/C24H22ClN3S/c1-17-8-13-22(14-18(17)2)28-23(15-19-6-4-3-5-7-19)26-27-24(28)29-16-20-9-11-21(25)12-10-20/h3-14H,15-16H2,1-2H3. The quantitative estimate of drug-likeness (QED) is 0.338. The number of rotatable bonds is 6. The van der Waals surface area contributed by atoms with Gasteiger partial charge in [-0.05, 0) is 60.4 Å². The first-order valence-corrected chi connectivity index (χ1v) is 10.9. The molecule has 0 aliphatic rings. The Labute approximate surface area is 180 Å². The number of hydrogen-bond acceptors (Lipinski definition) is 3. The van der Waals surface area contributed by atoms with Crippen LogP contribution in [0.1, 0.15) is 28.1 Å². The molecule has 0 spiro atoms. The summed E-state index contributed by atoms with van der Waals surface area (Å²) in [5, 5.41) is 10.7. The lowest BCUT2D eigenvalue weighted by atomic mass is 10.1. The Kier molecular flexibility index (Phi) is 6.02. The van der Waals surface area contributed by atoms with Crippen molar-refractivity contribution < 1.29 is 0 Å². The molecule has 146 valence electrons. The average molecular weight is 420 g/mol. The van der Waals surface area contributed by atoms with Gasteiger partial charge in [-0.1, -0.05) is 71.9 Å².